The van der Waals surface area contributed by atoms with E-state index in [2.05, 4.69) is 5.73 Å². The van der Waals surface area contributed by atoms with E-state index in [-0.39, 0.29) is 6.61 Å². The summed E-state index contributed by atoms with van der Waals surface area (Å²) in [7, 11) is 0. The summed E-state index contributed by atoms with van der Waals surface area (Å²) >= 11 is 1.59. The maximum Gasteiger partial charge on any atom is 0.0775 e. The van der Waals surface area contributed by atoms with E-state index in [4.69, 9.17) is 5.11 Å². The number of fused-ring (bicyclic) bond motifs is 1. The lowest BCUT2D eigenvalue weighted by Gasteiger charge is -1.79. The van der Waals surface area contributed by atoms with Gasteiger partial charge in [-0.2, -0.15) is 0 Å². The Bertz CT molecular complexity index is 459. The molecule has 12 heavy (non-hydrogen) atoms. The van der Waals surface area contributed by atoms with Gasteiger partial charge in [0.1, 0.15) is 0 Å². The highest BCUT2D eigenvalue weighted by molar-refractivity contribution is 7.09. The highest BCUT2D eigenvalue weighted by Gasteiger charge is 1.94. The van der Waals surface area contributed by atoms with Crippen LogP contribution in [-0.4, -0.2) is 5.11 Å². The molecule has 1 aromatic heterocycles. The molecule has 2 heteroatoms. The van der Waals surface area contributed by atoms with Gasteiger partial charge in [0.15, 0.2) is 0 Å². The third-order valence-electron chi connectivity index (χ3n) is 1.67. The van der Waals surface area contributed by atoms with Crippen LogP contribution >= 0.6 is 11.3 Å². The van der Waals surface area contributed by atoms with Gasteiger partial charge < -0.3 is 5.11 Å². The summed E-state index contributed by atoms with van der Waals surface area (Å²) in [5.74, 6) is 0. The fraction of sp³-hybridized carbons (Fsp3) is 0.100. The van der Waals surface area contributed by atoms with E-state index in [1.54, 1.807) is 11.3 Å². The van der Waals surface area contributed by atoms with Crippen molar-refractivity contribution < 1.29 is 5.11 Å². The molecule has 60 valence electrons. The lowest BCUT2D eigenvalue weighted by Crippen LogP contribution is -2.14. The van der Waals surface area contributed by atoms with Crippen LogP contribution in [0.2, 0.25) is 0 Å². The standard InChI is InChI=1S/C10H8OS/c11-7-9-6-8-4-2-1-3-5-10(8)12-9/h1-4,6,11H,7H2. The van der Waals surface area contributed by atoms with Crippen LogP contribution in [0.25, 0.3) is 11.8 Å². The van der Waals surface area contributed by atoms with Crippen molar-refractivity contribution in [2.75, 3.05) is 0 Å². The Hall–Kier alpha value is -1.08. The Morgan fingerprint density at radius 3 is 3.17 bits per heavy atom. The van der Waals surface area contributed by atoms with Gasteiger partial charge in [0.2, 0.25) is 0 Å². The zero-order chi connectivity index (χ0) is 8.39. The average Bonchev–Trinajstić information content (AvgIpc) is 2.37. The van der Waals surface area contributed by atoms with E-state index < -0.39 is 0 Å². The fourth-order valence-electron chi connectivity index (χ4n) is 1.11. The highest BCUT2D eigenvalue weighted by Crippen LogP contribution is 1.98. The fourth-order valence-corrected chi connectivity index (χ4v) is 2.00. The highest BCUT2D eigenvalue weighted by atomic mass is 32.1. The molecule has 1 aliphatic carbocycles. The van der Waals surface area contributed by atoms with Gasteiger partial charge in [-0.1, -0.05) is 18.2 Å². The third-order valence-corrected chi connectivity index (χ3v) is 2.73. The minimum atomic E-state index is 0.122. The number of hydrogen-bond donors (Lipinski definition) is 1. The Balaban J connectivity index is 2.79. The molecule has 1 N–H and O–H groups in total. The van der Waals surface area contributed by atoms with Crippen LogP contribution in [0, 0.1) is 0 Å². The van der Waals surface area contributed by atoms with Crippen molar-refractivity contribution in [2.45, 2.75) is 6.61 Å². The molecule has 0 amide bonds. The van der Waals surface area contributed by atoms with E-state index >= 15 is 0 Å². The van der Waals surface area contributed by atoms with Crippen LogP contribution < -0.4 is 9.75 Å². The molecule has 1 aliphatic rings. The number of rotatable bonds is 1. The topological polar surface area (TPSA) is 20.2 Å². The minimum Gasteiger partial charge on any atom is -0.391 e. The van der Waals surface area contributed by atoms with Gasteiger partial charge in [0, 0.05) is 10.1 Å². The number of thiophene rings is 1. The lowest BCUT2D eigenvalue weighted by atomic mass is 10.3. The first kappa shape index (κ1) is 7.56. The van der Waals surface area contributed by atoms with Crippen LogP contribution in [0.3, 0.4) is 0 Å². The zero-order valence-corrected chi connectivity index (χ0v) is 7.27. The second-order valence-corrected chi connectivity index (χ2v) is 3.65. The first-order valence-electron chi connectivity index (χ1n) is 3.73. The summed E-state index contributed by atoms with van der Waals surface area (Å²) in [6.07, 6.45) is 7.85. The van der Waals surface area contributed by atoms with Crippen molar-refractivity contribution in [2.24, 2.45) is 0 Å². The molecule has 0 fully saturated rings. The van der Waals surface area contributed by atoms with Gasteiger partial charge in [-0.05, 0) is 12.1 Å². The molecule has 1 nitrogen and oxygen atoms in total. The number of hydrogen-bond acceptors (Lipinski definition) is 2. The van der Waals surface area contributed by atoms with Gasteiger partial charge in [0.05, 0.1) is 11.1 Å². The van der Waals surface area contributed by atoms with Crippen molar-refractivity contribution in [3.8, 4) is 0 Å². The Kier molecular flexibility index (Phi) is 1.96. The third kappa shape index (κ3) is 1.28. The monoisotopic (exact) mass is 176 g/mol. The number of aliphatic hydroxyl groups is 1. The van der Waals surface area contributed by atoms with Crippen LogP contribution in [0.15, 0.2) is 24.3 Å². The first-order chi connectivity index (χ1) is 5.90. The molecule has 0 radical (unpaired) electrons. The second kappa shape index (κ2) is 3.11. The van der Waals surface area contributed by atoms with Crippen LogP contribution in [-0.2, 0) is 6.61 Å². The van der Waals surface area contributed by atoms with Gasteiger partial charge in [-0.15, -0.1) is 17.1 Å². The van der Waals surface area contributed by atoms with E-state index in [1.807, 2.05) is 30.4 Å². The lowest BCUT2D eigenvalue weighted by molar-refractivity contribution is 0.285. The molecule has 2 rings (SSSR count). The number of allylic oxidation sites excluding steroid dienone is 3. The second-order valence-electron chi connectivity index (χ2n) is 2.52. The average molecular weight is 176 g/mol. The quantitative estimate of drug-likeness (QED) is 0.661. The molecule has 0 unspecified atom stereocenters. The Morgan fingerprint density at radius 2 is 2.33 bits per heavy atom. The van der Waals surface area contributed by atoms with Gasteiger partial charge >= 0.3 is 0 Å². The number of aliphatic hydroxyl groups excluding tert-OH is 1. The van der Waals surface area contributed by atoms with E-state index in [1.165, 1.54) is 0 Å². The summed E-state index contributed by atoms with van der Waals surface area (Å²) < 4.78 is 1.10. The van der Waals surface area contributed by atoms with E-state index in [0.29, 0.717) is 0 Å². The molecule has 0 aliphatic heterocycles. The van der Waals surface area contributed by atoms with Gasteiger partial charge in [-0.25, -0.2) is 0 Å². The largest absolute Gasteiger partial charge is 0.391 e. The molecule has 0 aromatic carbocycles. The van der Waals surface area contributed by atoms with E-state index in [9.17, 15) is 0 Å². The molecule has 0 bridgehead atoms. The Morgan fingerprint density at radius 1 is 1.42 bits per heavy atom. The SMILES string of the molecule is OCc1cc2c(s1)=C=CC=CC=2. The van der Waals surface area contributed by atoms with Crippen molar-refractivity contribution in [1.82, 2.24) is 0 Å². The predicted molar refractivity (Wildman–Crippen MR) is 51.1 cm³/mol. The molecule has 1 aromatic rings. The minimum absolute atomic E-state index is 0.122. The summed E-state index contributed by atoms with van der Waals surface area (Å²) in [5.41, 5.74) is 3.14. The summed E-state index contributed by atoms with van der Waals surface area (Å²) in [4.78, 5) is 0.993. The van der Waals surface area contributed by atoms with Crippen molar-refractivity contribution in [3.63, 3.8) is 0 Å². The molecule has 0 atom stereocenters. The zero-order valence-electron chi connectivity index (χ0n) is 6.45. The predicted octanol–water partition coefficient (Wildman–Crippen LogP) is 0.526. The molecule has 0 spiro atoms. The van der Waals surface area contributed by atoms with E-state index in [0.717, 1.165) is 14.6 Å². The summed E-state index contributed by atoms with van der Waals surface area (Å²) in [5, 5.41) is 10.0. The maximum atomic E-state index is 8.90. The summed E-state index contributed by atoms with van der Waals surface area (Å²) in [6.45, 7) is 0.122. The Labute approximate surface area is 74.3 Å². The first-order valence-corrected chi connectivity index (χ1v) is 4.55. The van der Waals surface area contributed by atoms with Crippen molar-refractivity contribution in [3.05, 3.63) is 38.9 Å². The van der Waals surface area contributed by atoms with Crippen molar-refractivity contribution in [1.29, 1.82) is 0 Å². The molecule has 0 saturated carbocycles. The van der Waals surface area contributed by atoms with Crippen LogP contribution in [0.5, 0.6) is 0 Å². The summed E-state index contributed by atoms with van der Waals surface area (Å²) in [6, 6.07) is 2.00. The van der Waals surface area contributed by atoms with Crippen LogP contribution in [0.1, 0.15) is 4.88 Å². The molecule has 0 saturated heterocycles. The van der Waals surface area contributed by atoms with Crippen molar-refractivity contribution >= 4 is 23.1 Å². The molecular formula is C10H8OS. The smallest absolute Gasteiger partial charge is 0.0775 e. The van der Waals surface area contributed by atoms with Gasteiger partial charge in [-0.3, -0.25) is 0 Å². The normalized spacial score (nSPS) is 13.1. The van der Waals surface area contributed by atoms with Crippen LogP contribution in [0.4, 0.5) is 0 Å². The molecule has 1 heterocycles. The molecular weight excluding hydrogens is 168 g/mol. The van der Waals surface area contributed by atoms with Gasteiger partial charge in [0.25, 0.3) is 0 Å². The maximum absolute atomic E-state index is 8.90.